The first kappa shape index (κ1) is 16.9. The quantitative estimate of drug-likeness (QED) is 0.434. The summed E-state index contributed by atoms with van der Waals surface area (Å²) < 4.78 is 36.4. The highest BCUT2D eigenvalue weighted by molar-refractivity contribution is 7.85. The van der Waals surface area contributed by atoms with Gasteiger partial charge in [-0.1, -0.05) is 6.07 Å². The number of benzene rings is 1. The number of anilines is 3. The maximum Gasteiger partial charge on any atom is 0.322 e. The zero-order valence-corrected chi connectivity index (χ0v) is 13.2. The van der Waals surface area contributed by atoms with E-state index >= 15 is 0 Å². The van der Waals surface area contributed by atoms with E-state index in [2.05, 4.69) is 25.6 Å². The predicted molar refractivity (Wildman–Crippen MR) is 83.2 cm³/mol. The Morgan fingerprint density at radius 2 is 1.96 bits per heavy atom. The maximum absolute atomic E-state index is 11.2. The first-order valence-electron chi connectivity index (χ1n) is 6.44. The Kier molecular flexibility index (Phi) is 4.93. The van der Waals surface area contributed by atoms with Crippen LogP contribution >= 0.6 is 0 Å². The summed E-state index contributed by atoms with van der Waals surface area (Å²) in [6.07, 6.45) is -0.391. The van der Waals surface area contributed by atoms with E-state index < -0.39 is 16.3 Å². The molecule has 2 rings (SSSR count). The third-order valence-corrected chi connectivity index (χ3v) is 3.39. The van der Waals surface area contributed by atoms with Crippen LogP contribution in [0, 0.1) is 0 Å². The Bertz CT molecular complexity index is 796. The van der Waals surface area contributed by atoms with Crippen LogP contribution in [-0.2, 0) is 10.1 Å². The standard InChI is InChI=1S/C12H16N6O4S/c1-7(13)14-10-16-11(18-12(17-10)22-2)15-8-4-3-5-9(6-8)23(19,20)21/h3-7H,13H2,1-2H3,(H,19,20,21)(H2,14,15,16,17,18). The molecule has 0 saturated carbocycles. The number of aromatic nitrogens is 3. The molecule has 2 aromatic rings. The molecule has 1 unspecified atom stereocenters. The second kappa shape index (κ2) is 6.73. The fourth-order valence-corrected chi connectivity index (χ4v) is 2.16. The number of hydrogen-bond donors (Lipinski definition) is 4. The summed E-state index contributed by atoms with van der Waals surface area (Å²) in [7, 11) is -2.90. The SMILES string of the molecule is COc1nc(Nc2cccc(S(=O)(=O)O)c2)nc(NC(C)N)n1. The molecular weight excluding hydrogens is 324 g/mol. The highest BCUT2D eigenvalue weighted by Gasteiger charge is 2.12. The Morgan fingerprint density at radius 3 is 2.57 bits per heavy atom. The largest absolute Gasteiger partial charge is 0.467 e. The molecule has 1 aromatic carbocycles. The van der Waals surface area contributed by atoms with Gasteiger partial charge >= 0.3 is 6.01 Å². The van der Waals surface area contributed by atoms with Crippen LogP contribution in [-0.4, -0.2) is 41.2 Å². The molecule has 11 heteroatoms. The van der Waals surface area contributed by atoms with Crippen molar-refractivity contribution in [3.63, 3.8) is 0 Å². The third-order valence-electron chi connectivity index (χ3n) is 2.54. The van der Waals surface area contributed by atoms with Crippen molar-refractivity contribution >= 4 is 27.7 Å². The highest BCUT2D eigenvalue weighted by Crippen LogP contribution is 2.19. The fraction of sp³-hybridized carbons (Fsp3) is 0.250. The van der Waals surface area contributed by atoms with Gasteiger partial charge in [-0.05, 0) is 25.1 Å². The smallest absolute Gasteiger partial charge is 0.322 e. The van der Waals surface area contributed by atoms with Crippen LogP contribution in [0.3, 0.4) is 0 Å². The van der Waals surface area contributed by atoms with Crippen LogP contribution in [0.15, 0.2) is 29.2 Å². The molecular formula is C12H16N6O4S. The van der Waals surface area contributed by atoms with Gasteiger partial charge in [0.25, 0.3) is 10.1 Å². The molecule has 0 bridgehead atoms. The van der Waals surface area contributed by atoms with Crippen molar-refractivity contribution in [1.82, 2.24) is 15.0 Å². The van der Waals surface area contributed by atoms with Gasteiger partial charge in [0.2, 0.25) is 11.9 Å². The summed E-state index contributed by atoms with van der Waals surface area (Å²) in [5, 5.41) is 5.61. The molecule has 5 N–H and O–H groups in total. The topological polar surface area (TPSA) is 152 Å². The van der Waals surface area contributed by atoms with Crippen molar-refractivity contribution in [2.75, 3.05) is 17.7 Å². The average molecular weight is 340 g/mol. The Hall–Kier alpha value is -2.50. The molecule has 0 aliphatic heterocycles. The summed E-state index contributed by atoms with van der Waals surface area (Å²) in [6, 6.07) is 5.60. The molecule has 0 spiro atoms. The lowest BCUT2D eigenvalue weighted by molar-refractivity contribution is 0.379. The van der Waals surface area contributed by atoms with Gasteiger partial charge in [-0.3, -0.25) is 4.55 Å². The van der Waals surface area contributed by atoms with Crippen molar-refractivity contribution in [2.45, 2.75) is 18.0 Å². The van der Waals surface area contributed by atoms with E-state index in [4.69, 9.17) is 15.0 Å². The molecule has 1 atom stereocenters. The van der Waals surface area contributed by atoms with Gasteiger partial charge in [-0.25, -0.2) is 0 Å². The molecule has 10 nitrogen and oxygen atoms in total. The summed E-state index contributed by atoms with van der Waals surface area (Å²) in [4.78, 5) is 11.8. The van der Waals surface area contributed by atoms with E-state index in [1.807, 2.05) is 0 Å². The predicted octanol–water partition coefficient (Wildman–Crippen LogP) is 0.587. The van der Waals surface area contributed by atoms with E-state index in [1.54, 1.807) is 13.0 Å². The fourth-order valence-electron chi connectivity index (χ4n) is 1.64. The first-order valence-corrected chi connectivity index (χ1v) is 7.88. The van der Waals surface area contributed by atoms with Gasteiger partial charge < -0.3 is 21.1 Å². The Balaban J connectivity index is 2.32. The lowest BCUT2D eigenvalue weighted by atomic mass is 10.3. The summed E-state index contributed by atoms with van der Waals surface area (Å²) >= 11 is 0. The number of nitrogens with zero attached hydrogens (tertiary/aromatic N) is 3. The molecule has 0 aliphatic carbocycles. The second-order valence-electron chi connectivity index (χ2n) is 4.53. The molecule has 0 fully saturated rings. The number of nitrogens with two attached hydrogens (primary N) is 1. The van der Waals surface area contributed by atoms with Gasteiger partial charge in [-0.2, -0.15) is 23.4 Å². The first-order chi connectivity index (χ1) is 10.8. The summed E-state index contributed by atoms with van der Waals surface area (Å²) in [5.74, 6) is 0.313. The molecule has 0 aliphatic rings. The maximum atomic E-state index is 11.2. The van der Waals surface area contributed by atoms with E-state index in [-0.39, 0.29) is 22.8 Å². The van der Waals surface area contributed by atoms with Crippen molar-refractivity contribution in [2.24, 2.45) is 5.73 Å². The summed E-state index contributed by atoms with van der Waals surface area (Å²) in [6.45, 7) is 1.71. The monoisotopic (exact) mass is 340 g/mol. The number of ether oxygens (including phenoxy) is 1. The zero-order valence-electron chi connectivity index (χ0n) is 12.4. The molecule has 23 heavy (non-hydrogen) atoms. The van der Waals surface area contributed by atoms with Gasteiger partial charge in [0.15, 0.2) is 0 Å². The number of methoxy groups -OCH3 is 1. The van der Waals surface area contributed by atoms with Gasteiger partial charge in [0.05, 0.1) is 18.2 Å². The zero-order chi connectivity index (χ0) is 17.0. The van der Waals surface area contributed by atoms with Crippen LogP contribution < -0.4 is 21.1 Å². The van der Waals surface area contributed by atoms with Crippen molar-refractivity contribution in [3.05, 3.63) is 24.3 Å². The van der Waals surface area contributed by atoms with Gasteiger partial charge in [-0.15, -0.1) is 0 Å². The lowest BCUT2D eigenvalue weighted by Gasteiger charge is -2.11. The van der Waals surface area contributed by atoms with E-state index in [1.165, 1.54) is 25.3 Å². The minimum Gasteiger partial charge on any atom is -0.467 e. The Labute approximate surface area is 132 Å². The minimum absolute atomic E-state index is 0.0524. The molecule has 1 aromatic heterocycles. The third kappa shape index (κ3) is 4.74. The average Bonchev–Trinajstić information content (AvgIpc) is 2.45. The molecule has 0 saturated heterocycles. The van der Waals surface area contributed by atoms with Crippen LogP contribution in [0.2, 0.25) is 0 Å². The van der Waals surface area contributed by atoms with E-state index in [9.17, 15) is 8.42 Å². The van der Waals surface area contributed by atoms with Crippen LogP contribution in [0.5, 0.6) is 6.01 Å². The van der Waals surface area contributed by atoms with Crippen molar-refractivity contribution < 1.29 is 17.7 Å². The van der Waals surface area contributed by atoms with E-state index in [0.29, 0.717) is 5.69 Å². The molecule has 0 amide bonds. The van der Waals surface area contributed by atoms with Crippen molar-refractivity contribution in [1.29, 1.82) is 0 Å². The Morgan fingerprint density at radius 1 is 1.26 bits per heavy atom. The van der Waals surface area contributed by atoms with Gasteiger partial charge in [0, 0.05) is 5.69 Å². The lowest BCUT2D eigenvalue weighted by Crippen LogP contribution is -2.26. The van der Waals surface area contributed by atoms with Crippen LogP contribution in [0.1, 0.15) is 6.92 Å². The number of nitrogens with one attached hydrogen (secondary N) is 2. The normalized spacial score (nSPS) is 12.5. The minimum atomic E-state index is -4.30. The van der Waals surface area contributed by atoms with Crippen LogP contribution in [0.4, 0.5) is 17.6 Å². The van der Waals surface area contributed by atoms with E-state index in [0.717, 1.165) is 0 Å². The van der Waals surface area contributed by atoms with Crippen LogP contribution in [0.25, 0.3) is 0 Å². The number of hydrogen-bond acceptors (Lipinski definition) is 9. The molecule has 1 heterocycles. The molecule has 124 valence electrons. The number of rotatable bonds is 6. The molecule has 0 radical (unpaired) electrons. The van der Waals surface area contributed by atoms with Crippen molar-refractivity contribution in [3.8, 4) is 6.01 Å². The summed E-state index contributed by atoms with van der Waals surface area (Å²) in [5.41, 5.74) is 5.98. The van der Waals surface area contributed by atoms with Gasteiger partial charge in [0.1, 0.15) is 0 Å². The second-order valence-corrected chi connectivity index (χ2v) is 5.95. The highest BCUT2D eigenvalue weighted by atomic mass is 32.2.